The number of methoxy groups -OCH3 is 1. The molecule has 0 aromatic heterocycles. The number of rotatable bonds is 5. The third-order valence-electron chi connectivity index (χ3n) is 3.33. The third-order valence-corrected chi connectivity index (χ3v) is 3.33. The van der Waals surface area contributed by atoms with Crippen molar-refractivity contribution in [2.45, 2.75) is 32.7 Å². The van der Waals surface area contributed by atoms with Crippen LogP contribution in [-0.2, 0) is 9.53 Å². The number of carbonyl (C=O) groups is 1. The van der Waals surface area contributed by atoms with Crippen molar-refractivity contribution >= 4 is 5.97 Å². The highest BCUT2D eigenvalue weighted by Gasteiger charge is 2.31. The Morgan fingerprint density at radius 2 is 2.00 bits per heavy atom. The first-order valence-electron chi connectivity index (χ1n) is 6.02. The zero-order valence-corrected chi connectivity index (χ0v) is 10.5. The first kappa shape index (κ1) is 13.5. The van der Waals surface area contributed by atoms with Crippen LogP contribution < -0.4 is 0 Å². The van der Waals surface area contributed by atoms with E-state index in [0.717, 1.165) is 32.5 Å². The summed E-state index contributed by atoms with van der Waals surface area (Å²) in [4.78, 5) is 13.3. The van der Waals surface area contributed by atoms with Gasteiger partial charge in [-0.1, -0.05) is 13.8 Å². The van der Waals surface area contributed by atoms with Crippen molar-refractivity contribution < 1.29 is 14.6 Å². The number of carboxylic acid groups (broad SMARTS) is 1. The molecule has 16 heavy (non-hydrogen) atoms. The van der Waals surface area contributed by atoms with Crippen molar-refractivity contribution in [1.29, 1.82) is 0 Å². The zero-order chi connectivity index (χ0) is 12.1. The van der Waals surface area contributed by atoms with Gasteiger partial charge in [-0.05, 0) is 37.8 Å². The van der Waals surface area contributed by atoms with Crippen LogP contribution in [0.15, 0.2) is 0 Å². The molecular weight excluding hydrogens is 206 g/mol. The van der Waals surface area contributed by atoms with Crippen LogP contribution in [-0.4, -0.2) is 48.8 Å². The molecule has 1 rings (SSSR count). The van der Waals surface area contributed by atoms with Gasteiger partial charge in [0.05, 0.1) is 0 Å². The Kier molecular flexibility index (Phi) is 5.22. The highest BCUT2D eigenvalue weighted by Crippen LogP contribution is 2.22. The summed E-state index contributed by atoms with van der Waals surface area (Å²) in [5, 5.41) is 9.20. The number of nitrogens with zero attached hydrogens (tertiary/aromatic N) is 1. The Bertz CT molecular complexity index is 222. The summed E-state index contributed by atoms with van der Waals surface area (Å²) in [6.07, 6.45) is 2.09. The van der Waals surface area contributed by atoms with E-state index in [0.29, 0.717) is 5.92 Å². The molecule has 0 aromatic rings. The molecule has 1 saturated heterocycles. The van der Waals surface area contributed by atoms with Crippen LogP contribution >= 0.6 is 0 Å². The Morgan fingerprint density at radius 1 is 1.44 bits per heavy atom. The van der Waals surface area contributed by atoms with Crippen LogP contribution in [0.5, 0.6) is 0 Å². The minimum Gasteiger partial charge on any atom is -0.480 e. The van der Waals surface area contributed by atoms with E-state index in [1.807, 2.05) is 13.8 Å². The van der Waals surface area contributed by atoms with Crippen LogP contribution in [0.4, 0.5) is 0 Å². The predicted molar refractivity (Wildman–Crippen MR) is 62.4 cm³/mol. The van der Waals surface area contributed by atoms with Crippen molar-refractivity contribution in [1.82, 2.24) is 4.90 Å². The van der Waals surface area contributed by atoms with Gasteiger partial charge in [0.1, 0.15) is 6.04 Å². The Morgan fingerprint density at radius 3 is 2.38 bits per heavy atom. The lowest BCUT2D eigenvalue weighted by molar-refractivity contribution is -0.145. The molecule has 1 N–H and O–H groups in total. The second kappa shape index (κ2) is 6.21. The van der Waals surface area contributed by atoms with Gasteiger partial charge in [0.2, 0.25) is 0 Å². The largest absolute Gasteiger partial charge is 0.480 e. The summed E-state index contributed by atoms with van der Waals surface area (Å²) in [5.74, 6) is 0.0690. The molecule has 1 aliphatic heterocycles. The van der Waals surface area contributed by atoms with Gasteiger partial charge in [0, 0.05) is 13.7 Å². The van der Waals surface area contributed by atoms with Crippen LogP contribution in [0.25, 0.3) is 0 Å². The molecule has 4 nitrogen and oxygen atoms in total. The monoisotopic (exact) mass is 229 g/mol. The van der Waals surface area contributed by atoms with Crippen molar-refractivity contribution in [2.75, 3.05) is 26.8 Å². The van der Waals surface area contributed by atoms with E-state index in [2.05, 4.69) is 4.90 Å². The van der Waals surface area contributed by atoms with E-state index < -0.39 is 5.97 Å². The lowest BCUT2D eigenvalue weighted by Gasteiger charge is -2.37. The molecule has 0 aromatic carbocycles. The number of hydrogen-bond donors (Lipinski definition) is 1. The number of piperidine rings is 1. The fourth-order valence-corrected chi connectivity index (χ4v) is 2.50. The average molecular weight is 229 g/mol. The molecule has 1 aliphatic rings. The molecule has 0 bridgehead atoms. The van der Waals surface area contributed by atoms with Gasteiger partial charge in [-0.2, -0.15) is 0 Å². The summed E-state index contributed by atoms with van der Waals surface area (Å²) < 4.78 is 5.14. The second-order valence-corrected chi connectivity index (χ2v) is 4.96. The minimum atomic E-state index is -0.694. The topological polar surface area (TPSA) is 49.8 Å². The molecule has 0 spiro atoms. The van der Waals surface area contributed by atoms with Crippen molar-refractivity contribution in [3.8, 4) is 0 Å². The highest BCUT2D eigenvalue weighted by atomic mass is 16.5. The zero-order valence-electron chi connectivity index (χ0n) is 10.5. The quantitative estimate of drug-likeness (QED) is 0.775. The number of aliphatic carboxylic acids is 1. The van der Waals surface area contributed by atoms with Crippen LogP contribution in [0.1, 0.15) is 26.7 Å². The summed E-state index contributed by atoms with van der Waals surface area (Å²) in [7, 11) is 1.72. The predicted octanol–water partition coefficient (Wildman–Crippen LogP) is 1.45. The molecule has 94 valence electrons. The van der Waals surface area contributed by atoms with E-state index in [9.17, 15) is 9.90 Å². The average Bonchev–Trinajstić information content (AvgIpc) is 2.20. The molecule has 0 radical (unpaired) electrons. The number of hydrogen-bond acceptors (Lipinski definition) is 3. The lowest BCUT2D eigenvalue weighted by Crippen LogP contribution is -2.48. The molecule has 1 unspecified atom stereocenters. The Balaban J connectivity index is 2.47. The molecular formula is C12H23NO3. The lowest BCUT2D eigenvalue weighted by atomic mass is 9.94. The van der Waals surface area contributed by atoms with E-state index in [1.54, 1.807) is 7.11 Å². The van der Waals surface area contributed by atoms with Crippen molar-refractivity contribution in [2.24, 2.45) is 11.8 Å². The third kappa shape index (κ3) is 3.46. The maximum absolute atomic E-state index is 11.2. The molecule has 4 heteroatoms. The molecule has 0 saturated carbocycles. The van der Waals surface area contributed by atoms with Crippen LogP contribution in [0.2, 0.25) is 0 Å². The van der Waals surface area contributed by atoms with Crippen LogP contribution in [0, 0.1) is 11.8 Å². The Hall–Kier alpha value is -0.610. The van der Waals surface area contributed by atoms with Crippen molar-refractivity contribution in [3.05, 3.63) is 0 Å². The standard InChI is InChI=1S/C12H23NO3/c1-9(2)11(12(14)15)13-6-4-10(5-7-13)8-16-3/h9-11H,4-8H2,1-3H3,(H,14,15). The fraction of sp³-hybridized carbons (Fsp3) is 0.917. The van der Waals surface area contributed by atoms with Gasteiger partial charge in [-0.3, -0.25) is 9.69 Å². The van der Waals surface area contributed by atoms with E-state index >= 15 is 0 Å². The second-order valence-electron chi connectivity index (χ2n) is 4.96. The smallest absolute Gasteiger partial charge is 0.321 e. The molecule has 1 heterocycles. The summed E-state index contributed by atoms with van der Waals surface area (Å²) in [5.41, 5.74) is 0. The maximum Gasteiger partial charge on any atom is 0.321 e. The van der Waals surface area contributed by atoms with E-state index in [4.69, 9.17) is 4.74 Å². The summed E-state index contributed by atoms with van der Waals surface area (Å²) >= 11 is 0. The molecule has 0 aliphatic carbocycles. The highest BCUT2D eigenvalue weighted by molar-refractivity contribution is 5.73. The van der Waals surface area contributed by atoms with Gasteiger partial charge in [0.15, 0.2) is 0 Å². The van der Waals surface area contributed by atoms with Gasteiger partial charge >= 0.3 is 5.97 Å². The van der Waals surface area contributed by atoms with E-state index in [1.165, 1.54) is 0 Å². The molecule has 1 fully saturated rings. The normalized spacial score (nSPS) is 21.2. The number of likely N-dealkylation sites (tertiary alicyclic amines) is 1. The van der Waals surface area contributed by atoms with Gasteiger partial charge < -0.3 is 9.84 Å². The SMILES string of the molecule is COCC1CCN(C(C(=O)O)C(C)C)CC1. The number of carboxylic acids is 1. The minimum absolute atomic E-state index is 0.163. The van der Waals surface area contributed by atoms with Crippen molar-refractivity contribution in [3.63, 3.8) is 0 Å². The van der Waals surface area contributed by atoms with Gasteiger partial charge in [-0.25, -0.2) is 0 Å². The number of ether oxygens (including phenoxy) is 1. The molecule has 0 amide bonds. The van der Waals surface area contributed by atoms with E-state index in [-0.39, 0.29) is 12.0 Å². The summed E-state index contributed by atoms with van der Waals surface area (Å²) in [6, 6.07) is -0.330. The summed E-state index contributed by atoms with van der Waals surface area (Å²) in [6.45, 7) is 6.50. The first-order valence-corrected chi connectivity index (χ1v) is 6.02. The van der Waals surface area contributed by atoms with Gasteiger partial charge in [0.25, 0.3) is 0 Å². The maximum atomic E-state index is 11.2. The molecule has 1 atom stereocenters. The Labute approximate surface area is 97.6 Å². The van der Waals surface area contributed by atoms with Crippen LogP contribution in [0.3, 0.4) is 0 Å². The van der Waals surface area contributed by atoms with Gasteiger partial charge in [-0.15, -0.1) is 0 Å². The fourth-order valence-electron chi connectivity index (χ4n) is 2.50. The first-order chi connectivity index (χ1) is 7.56.